The number of ketones is 1. The standard InChI is InChI=1S/C22H33N5O6/c1-5-13(4)17(27-20(30)16(10-12(2)3)26-22(32)33)18(28)21(31)25-15(19(23)29)11-14-6-8-24-9-7-14/h6-9,12-13,15-17,26H,5,10-11H2,1-4H3,(H2,23,29)(H,25,31)(H,27,30)(H,32,33)/t13-,15?,16-,17?/m0/s1. The predicted molar refractivity (Wildman–Crippen MR) is 120 cm³/mol. The van der Waals surface area contributed by atoms with Gasteiger partial charge >= 0.3 is 6.09 Å². The average Bonchev–Trinajstić information content (AvgIpc) is 2.75. The van der Waals surface area contributed by atoms with Gasteiger partial charge in [-0.1, -0.05) is 34.1 Å². The van der Waals surface area contributed by atoms with Crippen molar-refractivity contribution in [3.63, 3.8) is 0 Å². The molecule has 33 heavy (non-hydrogen) atoms. The Morgan fingerprint density at radius 1 is 1.00 bits per heavy atom. The van der Waals surface area contributed by atoms with Gasteiger partial charge in [-0.15, -0.1) is 0 Å². The summed E-state index contributed by atoms with van der Waals surface area (Å²) in [7, 11) is 0. The lowest BCUT2D eigenvalue weighted by molar-refractivity contribution is -0.142. The van der Waals surface area contributed by atoms with Gasteiger partial charge < -0.3 is 26.8 Å². The topological polar surface area (TPSA) is 181 Å². The van der Waals surface area contributed by atoms with Crippen molar-refractivity contribution in [3.05, 3.63) is 30.1 Å². The zero-order chi connectivity index (χ0) is 25.1. The summed E-state index contributed by atoms with van der Waals surface area (Å²) in [6, 6.07) is -0.135. The number of nitrogens with zero attached hydrogens (tertiary/aromatic N) is 1. The molecule has 0 aliphatic heterocycles. The van der Waals surface area contributed by atoms with Crippen LogP contribution in [-0.2, 0) is 25.6 Å². The van der Waals surface area contributed by atoms with E-state index in [1.807, 2.05) is 13.8 Å². The molecule has 0 bridgehead atoms. The summed E-state index contributed by atoms with van der Waals surface area (Å²) < 4.78 is 0. The zero-order valence-electron chi connectivity index (χ0n) is 19.3. The SMILES string of the molecule is CC[C@H](C)C(NC(=O)[C@H](CC(C)C)NC(=O)O)C(=O)C(=O)NC(Cc1ccncc1)C(N)=O. The van der Waals surface area contributed by atoms with E-state index in [0.29, 0.717) is 12.0 Å². The number of hydrogen-bond donors (Lipinski definition) is 5. The van der Waals surface area contributed by atoms with E-state index in [4.69, 9.17) is 10.8 Å². The van der Waals surface area contributed by atoms with Crippen LogP contribution in [0.3, 0.4) is 0 Å². The lowest BCUT2D eigenvalue weighted by atomic mass is 9.93. The summed E-state index contributed by atoms with van der Waals surface area (Å²) >= 11 is 0. The third-order valence-corrected chi connectivity index (χ3v) is 5.18. The average molecular weight is 464 g/mol. The highest BCUT2D eigenvalue weighted by Gasteiger charge is 2.34. The van der Waals surface area contributed by atoms with Gasteiger partial charge in [0.05, 0.1) is 6.04 Å². The minimum Gasteiger partial charge on any atom is -0.465 e. The van der Waals surface area contributed by atoms with Crippen molar-refractivity contribution in [1.29, 1.82) is 0 Å². The Balaban J connectivity index is 2.99. The van der Waals surface area contributed by atoms with Crippen molar-refractivity contribution < 1.29 is 29.1 Å². The molecule has 1 heterocycles. The normalized spacial score (nSPS) is 14.5. The maximum atomic E-state index is 12.9. The molecule has 0 spiro atoms. The van der Waals surface area contributed by atoms with Crippen LogP contribution in [0.2, 0.25) is 0 Å². The summed E-state index contributed by atoms with van der Waals surface area (Å²) in [6.45, 7) is 7.11. The number of carboxylic acid groups (broad SMARTS) is 1. The van der Waals surface area contributed by atoms with Gasteiger partial charge in [0, 0.05) is 18.8 Å². The number of Topliss-reactive ketones (excluding diaryl/α,β-unsaturated/α-hetero) is 1. The molecule has 11 nitrogen and oxygen atoms in total. The summed E-state index contributed by atoms with van der Waals surface area (Å²) in [5.74, 6) is -3.97. The van der Waals surface area contributed by atoms with Gasteiger partial charge in [-0.2, -0.15) is 0 Å². The first-order chi connectivity index (χ1) is 15.5. The third-order valence-electron chi connectivity index (χ3n) is 5.18. The highest BCUT2D eigenvalue weighted by atomic mass is 16.4. The first-order valence-electron chi connectivity index (χ1n) is 10.8. The number of primary amides is 1. The monoisotopic (exact) mass is 463 g/mol. The predicted octanol–water partition coefficient (Wildman–Crippen LogP) is 0.377. The molecule has 11 heteroatoms. The first kappa shape index (κ1) is 27.5. The Labute approximate surface area is 192 Å². The molecule has 182 valence electrons. The van der Waals surface area contributed by atoms with Crippen molar-refractivity contribution in [2.24, 2.45) is 17.6 Å². The molecule has 0 aromatic carbocycles. The van der Waals surface area contributed by atoms with E-state index in [1.54, 1.807) is 26.0 Å². The number of rotatable bonds is 13. The Hall–Kier alpha value is -3.50. The van der Waals surface area contributed by atoms with Gasteiger partial charge in [-0.05, 0) is 36.0 Å². The second-order valence-corrected chi connectivity index (χ2v) is 8.36. The molecule has 2 unspecified atom stereocenters. The van der Waals surface area contributed by atoms with Crippen LogP contribution in [0.4, 0.5) is 4.79 Å². The summed E-state index contributed by atoms with van der Waals surface area (Å²) in [6.07, 6.45) is 2.40. The number of carbonyl (C=O) groups is 5. The van der Waals surface area contributed by atoms with Crippen molar-refractivity contribution >= 4 is 29.6 Å². The van der Waals surface area contributed by atoms with Crippen LogP contribution in [0.1, 0.15) is 46.1 Å². The largest absolute Gasteiger partial charge is 0.465 e. The molecule has 4 amide bonds. The Bertz CT molecular complexity index is 845. The number of pyridine rings is 1. The summed E-state index contributed by atoms with van der Waals surface area (Å²) in [5.41, 5.74) is 6.08. The minimum atomic E-state index is -1.37. The second kappa shape index (κ2) is 13.1. The van der Waals surface area contributed by atoms with E-state index in [9.17, 15) is 24.0 Å². The van der Waals surface area contributed by atoms with Crippen LogP contribution in [0.5, 0.6) is 0 Å². The molecule has 0 fully saturated rings. The van der Waals surface area contributed by atoms with Gasteiger partial charge in [0.25, 0.3) is 5.91 Å². The van der Waals surface area contributed by atoms with Crippen LogP contribution < -0.4 is 21.7 Å². The van der Waals surface area contributed by atoms with E-state index >= 15 is 0 Å². The number of nitrogens with one attached hydrogen (secondary N) is 3. The van der Waals surface area contributed by atoms with Crippen LogP contribution in [0, 0.1) is 11.8 Å². The molecule has 0 saturated carbocycles. The van der Waals surface area contributed by atoms with Crippen molar-refractivity contribution in [3.8, 4) is 0 Å². The van der Waals surface area contributed by atoms with Crippen molar-refractivity contribution in [2.45, 2.75) is 65.1 Å². The van der Waals surface area contributed by atoms with Gasteiger partial charge in [0.2, 0.25) is 17.6 Å². The quantitative estimate of drug-likeness (QED) is 0.262. The van der Waals surface area contributed by atoms with Crippen LogP contribution >= 0.6 is 0 Å². The summed E-state index contributed by atoms with van der Waals surface area (Å²) in [5, 5.41) is 16.0. The number of amides is 4. The molecule has 6 N–H and O–H groups in total. The van der Waals surface area contributed by atoms with Crippen LogP contribution in [0.25, 0.3) is 0 Å². The highest BCUT2D eigenvalue weighted by Crippen LogP contribution is 2.12. The molecule has 0 saturated heterocycles. The van der Waals surface area contributed by atoms with Gasteiger partial charge in [-0.25, -0.2) is 4.79 Å². The van der Waals surface area contributed by atoms with Gasteiger partial charge in [-0.3, -0.25) is 24.2 Å². The Morgan fingerprint density at radius 3 is 2.09 bits per heavy atom. The van der Waals surface area contributed by atoms with E-state index in [0.717, 1.165) is 0 Å². The second-order valence-electron chi connectivity index (χ2n) is 8.36. The van der Waals surface area contributed by atoms with E-state index < -0.39 is 53.6 Å². The fraction of sp³-hybridized carbons (Fsp3) is 0.545. The van der Waals surface area contributed by atoms with E-state index in [2.05, 4.69) is 20.9 Å². The Kier molecular flexibility index (Phi) is 11.0. The Morgan fingerprint density at radius 2 is 1.61 bits per heavy atom. The fourth-order valence-corrected chi connectivity index (χ4v) is 3.16. The number of hydrogen-bond acceptors (Lipinski definition) is 6. The number of carbonyl (C=O) groups excluding carboxylic acids is 4. The maximum Gasteiger partial charge on any atom is 0.405 e. The van der Waals surface area contributed by atoms with Crippen molar-refractivity contribution in [1.82, 2.24) is 20.9 Å². The molecular formula is C22H33N5O6. The maximum absolute atomic E-state index is 12.9. The lowest BCUT2D eigenvalue weighted by Crippen LogP contribution is -2.57. The van der Waals surface area contributed by atoms with Crippen LogP contribution in [-0.4, -0.2) is 57.8 Å². The van der Waals surface area contributed by atoms with Gasteiger partial charge in [0.15, 0.2) is 0 Å². The third kappa shape index (κ3) is 9.26. The molecule has 0 radical (unpaired) electrons. The molecule has 1 aromatic rings. The smallest absolute Gasteiger partial charge is 0.405 e. The van der Waals surface area contributed by atoms with Crippen LogP contribution in [0.15, 0.2) is 24.5 Å². The molecule has 0 aliphatic carbocycles. The zero-order valence-corrected chi connectivity index (χ0v) is 19.3. The van der Waals surface area contributed by atoms with E-state index in [1.165, 1.54) is 12.4 Å². The lowest BCUT2D eigenvalue weighted by Gasteiger charge is -2.26. The molecule has 4 atom stereocenters. The van der Waals surface area contributed by atoms with Gasteiger partial charge in [0.1, 0.15) is 12.1 Å². The van der Waals surface area contributed by atoms with E-state index in [-0.39, 0.29) is 18.8 Å². The molecule has 1 rings (SSSR count). The number of nitrogens with two attached hydrogens (primary N) is 1. The van der Waals surface area contributed by atoms with Crippen molar-refractivity contribution in [2.75, 3.05) is 0 Å². The number of aromatic nitrogens is 1. The molecule has 0 aliphatic rings. The first-order valence-corrected chi connectivity index (χ1v) is 10.8. The fourth-order valence-electron chi connectivity index (χ4n) is 3.16. The highest BCUT2D eigenvalue weighted by molar-refractivity contribution is 6.38. The molecular weight excluding hydrogens is 430 g/mol. The molecule has 1 aromatic heterocycles. The summed E-state index contributed by atoms with van der Waals surface area (Å²) in [4.78, 5) is 65.1. The minimum absolute atomic E-state index is 0.00170.